The average molecular weight is 393 g/mol. The number of pyridine rings is 1. The standard InChI is InChI=1S/C22H24N4OS/c27-22(24-11-10-19-7-4-14-28-19)18-8-9-21(25-15-18)26-13-12-23-20(16-26)17-5-2-1-3-6-17/h1-9,14-15,20,23H,10-13,16H2,(H,24,27)/t20-/m1/s1. The van der Waals surface area contributed by atoms with Gasteiger partial charge in [-0.25, -0.2) is 4.98 Å². The Morgan fingerprint density at radius 3 is 2.82 bits per heavy atom. The van der Waals surface area contributed by atoms with Gasteiger partial charge in [-0.1, -0.05) is 36.4 Å². The molecular weight excluding hydrogens is 368 g/mol. The first-order valence-corrected chi connectivity index (χ1v) is 10.5. The van der Waals surface area contributed by atoms with Gasteiger partial charge in [-0.2, -0.15) is 0 Å². The summed E-state index contributed by atoms with van der Waals surface area (Å²) in [6.07, 6.45) is 2.53. The van der Waals surface area contributed by atoms with Gasteiger partial charge in [0.2, 0.25) is 0 Å². The second-order valence-corrected chi connectivity index (χ2v) is 7.89. The van der Waals surface area contributed by atoms with Gasteiger partial charge in [0.05, 0.1) is 5.56 Å². The van der Waals surface area contributed by atoms with Crippen LogP contribution in [0.2, 0.25) is 0 Å². The Hall–Kier alpha value is -2.70. The molecule has 3 heterocycles. The minimum Gasteiger partial charge on any atom is -0.353 e. The van der Waals surface area contributed by atoms with E-state index in [2.05, 4.69) is 56.2 Å². The molecule has 0 saturated carbocycles. The largest absolute Gasteiger partial charge is 0.353 e. The van der Waals surface area contributed by atoms with Gasteiger partial charge in [0.1, 0.15) is 5.82 Å². The molecule has 2 aromatic heterocycles. The molecule has 2 N–H and O–H groups in total. The molecule has 0 spiro atoms. The molecule has 28 heavy (non-hydrogen) atoms. The third-order valence-electron chi connectivity index (χ3n) is 4.95. The van der Waals surface area contributed by atoms with E-state index in [1.807, 2.05) is 24.3 Å². The Morgan fingerprint density at radius 2 is 2.07 bits per heavy atom. The summed E-state index contributed by atoms with van der Waals surface area (Å²) in [6, 6.07) is 18.7. The fourth-order valence-electron chi connectivity index (χ4n) is 3.43. The lowest BCUT2D eigenvalue weighted by atomic mass is 10.0. The van der Waals surface area contributed by atoms with Crippen LogP contribution in [0.3, 0.4) is 0 Å². The van der Waals surface area contributed by atoms with Crippen molar-refractivity contribution in [3.8, 4) is 0 Å². The van der Waals surface area contributed by atoms with Gasteiger partial charge in [0.15, 0.2) is 0 Å². The van der Waals surface area contributed by atoms with Gasteiger partial charge >= 0.3 is 0 Å². The van der Waals surface area contributed by atoms with Crippen molar-refractivity contribution in [1.29, 1.82) is 0 Å². The molecule has 0 radical (unpaired) electrons. The molecule has 1 saturated heterocycles. The fourth-order valence-corrected chi connectivity index (χ4v) is 4.14. The molecule has 1 atom stereocenters. The predicted octanol–water partition coefficient (Wildman–Crippen LogP) is 3.27. The van der Waals surface area contributed by atoms with Crippen molar-refractivity contribution in [2.24, 2.45) is 0 Å². The number of benzene rings is 1. The van der Waals surface area contributed by atoms with Crippen LogP contribution in [-0.2, 0) is 6.42 Å². The third-order valence-corrected chi connectivity index (χ3v) is 5.88. The van der Waals surface area contributed by atoms with Crippen LogP contribution in [0, 0.1) is 0 Å². The molecule has 1 aliphatic heterocycles. The summed E-state index contributed by atoms with van der Waals surface area (Å²) in [5.74, 6) is 0.843. The number of rotatable bonds is 6. The van der Waals surface area contributed by atoms with Crippen molar-refractivity contribution in [1.82, 2.24) is 15.6 Å². The second kappa shape index (κ2) is 8.99. The number of hydrogen-bond donors (Lipinski definition) is 2. The molecule has 144 valence electrons. The Kier molecular flexibility index (Phi) is 5.99. The number of aromatic nitrogens is 1. The van der Waals surface area contributed by atoms with Crippen LogP contribution in [0.4, 0.5) is 5.82 Å². The summed E-state index contributed by atoms with van der Waals surface area (Å²) in [7, 11) is 0. The molecule has 0 unspecified atom stereocenters. The van der Waals surface area contributed by atoms with E-state index in [0.717, 1.165) is 31.9 Å². The number of anilines is 1. The maximum atomic E-state index is 12.3. The van der Waals surface area contributed by atoms with Gasteiger partial charge in [-0.3, -0.25) is 4.79 Å². The van der Waals surface area contributed by atoms with Gasteiger partial charge < -0.3 is 15.5 Å². The van der Waals surface area contributed by atoms with E-state index in [1.165, 1.54) is 10.4 Å². The molecule has 1 aromatic carbocycles. The SMILES string of the molecule is O=C(NCCc1cccs1)c1ccc(N2CCN[C@@H](c3ccccc3)C2)nc1. The smallest absolute Gasteiger partial charge is 0.252 e. The Bertz CT molecular complexity index is 881. The highest BCUT2D eigenvalue weighted by Gasteiger charge is 2.21. The number of piperazine rings is 1. The molecule has 5 nitrogen and oxygen atoms in total. The van der Waals surface area contributed by atoms with Gasteiger partial charge in [-0.15, -0.1) is 11.3 Å². The van der Waals surface area contributed by atoms with E-state index in [9.17, 15) is 4.79 Å². The molecular formula is C22H24N4OS. The fraction of sp³-hybridized carbons (Fsp3) is 0.273. The van der Waals surface area contributed by atoms with Crippen LogP contribution < -0.4 is 15.5 Å². The summed E-state index contributed by atoms with van der Waals surface area (Å²) in [5, 5.41) is 8.59. The van der Waals surface area contributed by atoms with Crippen molar-refractivity contribution in [2.75, 3.05) is 31.1 Å². The normalized spacial score (nSPS) is 16.7. The first-order chi connectivity index (χ1) is 13.8. The minimum absolute atomic E-state index is 0.0712. The highest BCUT2D eigenvalue weighted by Crippen LogP contribution is 2.21. The predicted molar refractivity (Wildman–Crippen MR) is 114 cm³/mol. The maximum Gasteiger partial charge on any atom is 0.252 e. The van der Waals surface area contributed by atoms with E-state index >= 15 is 0 Å². The van der Waals surface area contributed by atoms with E-state index in [0.29, 0.717) is 12.1 Å². The molecule has 1 amide bonds. The zero-order valence-electron chi connectivity index (χ0n) is 15.7. The number of nitrogens with one attached hydrogen (secondary N) is 2. The topological polar surface area (TPSA) is 57.3 Å². The van der Waals surface area contributed by atoms with E-state index in [4.69, 9.17) is 0 Å². The van der Waals surface area contributed by atoms with Gasteiger partial charge in [-0.05, 0) is 35.6 Å². The summed E-state index contributed by atoms with van der Waals surface area (Å²) >= 11 is 1.71. The maximum absolute atomic E-state index is 12.3. The molecule has 4 rings (SSSR count). The van der Waals surface area contributed by atoms with E-state index in [-0.39, 0.29) is 11.9 Å². The quantitative estimate of drug-likeness (QED) is 0.676. The first kappa shape index (κ1) is 18.7. The van der Waals surface area contributed by atoms with E-state index < -0.39 is 0 Å². The zero-order valence-corrected chi connectivity index (χ0v) is 16.5. The molecule has 1 fully saturated rings. The van der Waals surface area contributed by atoms with Crippen LogP contribution >= 0.6 is 11.3 Å². The second-order valence-electron chi connectivity index (χ2n) is 6.85. The summed E-state index contributed by atoms with van der Waals surface area (Å²) < 4.78 is 0. The molecule has 3 aromatic rings. The van der Waals surface area contributed by atoms with Crippen LogP contribution in [0.25, 0.3) is 0 Å². The summed E-state index contributed by atoms with van der Waals surface area (Å²) in [6.45, 7) is 3.32. The third kappa shape index (κ3) is 4.58. The summed E-state index contributed by atoms with van der Waals surface area (Å²) in [5.41, 5.74) is 1.89. The lowest BCUT2D eigenvalue weighted by Gasteiger charge is -2.34. The number of amides is 1. The average Bonchev–Trinajstić information content (AvgIpc) is 3.28. The highest BCUT2D eigenvalue weighted by molar-refractivity contribution is 7.09. The highest BCUT2D eigenvalue weighted by atomic mass is 32.1. The van der Waals surface area contributed by atoms with Crippen molar-refractivity contribution in [3.05, 3.63) is 82.2 Å². The van der Waals surface area contributed by atoms with Gasteiger partial charge in [0.25, 0.3) is 5.91 Å². The molecule has 0 aliphatic carbocycles. The van der Waals surface area contributed by atoms with Crippen LogP contribution in [0.15, 0.2) is 66.2 Å². The Balaban J connectivity index is 1.34. The van der Waals surface area contributed by atoms with Gasteiger partial charge in [0, 0.05) is 43.3 Å². The monoisotopic (exact) mass is 392 g/mol. The van der Waals surface area contributed by atoms with Crippen LogP contribution in [0.1, 0.15) is 26.8 Å². The number of carbonyl (C=O) groups is 1. The molecule has 1 aliphatic rings. The lowest BCUT2D eigenvalue weighted by Crippen LogP contribution is -2.46. The van der Waals surface area contributed by atoms with Crippen LogP contribution in [-0.4, -0.2) is 37.1 Å². The summed E-state index contributed by atoms with van der Waals surface area (Å²) in [4.78, 5) is 20.4. The van der Waals surface area contributed by atoms with Crippen molar-refractivity contribution < 1.29 is 4.79 Å². The minimum atomic E-state index is -0.0712. The van der Waals surface area contributed by atoms with Crippen molar-refractivity contribution in [3.63, 3.8) is 0 Å². The van der Waals surface area contributed by atoms with Crippen molar-refractivity contribution in [2.45, 2.75) is 12.5 Å². The number of hydrogen-bond acceptors (Lipinski definition) is 5. The first-order valence-electron chi connectivity index (χ1n) is 9.59. The lowest BCUT2D eigenvalue weighted by molar-refractivity contribution is 0.0954. The molecule has 6 heteroatoms. The van der Waals surface area contributed by atoms with Crippen LogP contribution in [0.5, 0.6) is 0 Å². The Labute approximate surface area is 169 Å². The van der Waals surface area contributed by atoms with E-state index in [1.54, 1.807) is 17.5 Å². The number of nitrogens with zero attached hydrogens (tertiary/aromatic N) is 2. The van der Waals surface area contributed by atoms with Crippen molar-refractivity contribution >= 4 is 23.1 Å². The number of thiophene rings is 1. The molecule has 0 bridgehead atoms. The number of carbonyl (C=O) groups excluding carboxylic acids is 1. The zero-order chi connectivity index (χ0) is 19.2. The Morgan fingerprint density at radius 1 is 1.18 bits per heavy atom.